The van der Waals surface area contributed by atoms with Gasteiger partial charge in [0, 0.05) is 36.8 Å². The van der Waals surface area contributed by atoms with Crippen molar-refractivity contribution in [3.05, 3.63) is 36.0 Å². The number of rotatable bonds is 2. The minimum atomic E-state index is -4.75. The van der Waals surface area contributed by atoms with Gasteiger partial charge in [-0.15, -0.1) is 0 Å². The molecule has 0 saturated carbocycles. The minimum absolute atomic E-state index is 0.0146. The molecule has 0 bridgehead atoms. The zero-order chi connectivity index (χ0) is 19.1. The number of alkyl halides is 3. The highest BCUT2D eigenvalue weighted by molar-refractivity contribution is 5.93. The van der Waals surface area contributed by atoms with Crippen molar-refractivity contribution in [3.63, 3.8) is 0 Å². The van der Waals surface area contributed by atoms with E-state index in [-0.39, 0.29) is 29.3 Å². The summed E-state index contributed by atoms with van der Waals surface area (Å²) in [4.78, 5) is 25.2. The number of carbonyl (C=O) groups excluding carboxylic acids is 1. The molecule has 1 saturated heterocycles. The third kappa shape index (κ3) is 3.02. The van der Waals surface area contributed by atoms with E-state index < -0.39 is 24.0 Å². The molecule has 1 aliphatic heterocycles. The van der Waals surface area contributed by atoms with Crippen molar-refractivity contribution in [3.8, 4) is 17.2 Å². The van der Waals surface area contributed by atoms with Gasteiger partial charge in [-0.3, -0.25) is 0 Å². The first-order chi connectivity index (χ1) is 12.2. The molecule has 2 amide bonds. The SMILES string of the molecule is CN1CC(O)N(c2cc(C(F)(F)F)c(-c3cnc(C#N)nc3)cn2)C1=O. The summed E-state index contributed by atoms with van der Waals surface area (Å²) in [5.41, 5.74) is -1.36. The van der Waals surface area contributed by atoms with E-state index in [2.05, 4.69) is 15.0 Å². The lowest BCUT2D eigenvalue weighted by Gasteiger charge is -2.20. The van der Waals surface area contributed by atoms with Crippen molar-refractivity contribution in [1.29, 1.82) is 5.26 Å². The molecule has 1 aliphatic rings. The molecule has 11 heteroatoms. The lowest BCUT2D eigenvalue weighted by molar-refractivity contribution is -0.137. The number of pyridine rings is 1. The molecule has 3 heterocycles. The topological polar surface area (TPSA) is 106 Å². The van der Waals surface area contributed by atoms with E-state index in [9.17, 15) is 23.1 Å². The van der Waals surface area contributed by atoms with Crippen LogP contribution in [0.25, 0.3) is 11.1 Å². The van der Waals surface area contributed by atoms with Gasteiger partial charge in [0.1, 0.15) is 11.9 Å². The number of hydrogen-bond acceptors (Lipinski definition) is 6. The number of nitriles is 1. The van der Waals surface area contributed by atoms with Crippen molar-refractivity contribution in [1.82, 2.24) is 19.9 Å². The first-order valence-corrected chi connectivity index (χ1v) is 7.24. The number of β-amino-alcohol motifs (C(OH)–C–C–N with tert-alkyl or cyclic N) is 1. The quantitative estimate of drug-likeness (QED) is 0.868. The van der Waals surface area contributed by atoms with Gasteiger partial charge < -0.3 is 10.0 Å². The van der Waals surface area contributed by atoms with Crippen molar-refractivity contribution in [2.45, 2.75) is 12.4 Å². The van der Waals surface area contributed by atoms with Gasteiger partial charge in [-0.1, -0.05) is 0 Å². The normalized spacial score (nSPS) is 17.5. The molecule has 0 aliphatic carbocycles. The molecule has 134 valence electrons. The number of urea groups is 1. The number of anilines is 1. The molecule has 2 aromatic heterocycles. The van der Waals surface area contributed by atoms with Crippen LogP contribution in [0.5, 0.6) is 0 Å². The average Bonchev–Trinajstić information content (AvgIpc) is 2.86. The van der Waals surface area contributed by atoms with Gasteiger partial charge in [0.15, 0.2) is 6.23 Å². The summed E-state index contributed by atoms with van der Waals surface area (Å²) in [6, 6.07) is 1.70. The number of aliphatic hydroxyl groups is 1. The Bertz CT molecular complexity index is 894. The monoisotopic (exact) mass is 364 g/mol. The van der Waals surface area contributed by atoms with E-state index in [1.807, 2.05) is 0 Å². The van der Waals surface area contributed by atoms with Crippen molar-refractivity contribution < 1.29 is 23.1 Å². The molecule has 2 aromatic rings. The van der Waals surface area contributed by atoms with Crippen molar-refractivity contribution >= 4 is 11.8 Å². The molecule has 1 fully saturated rings. The van der Waals surface area contributed by atoms with E-state index in [0.29, 0.717) is 6.07 Å². The van der Waals surface area contributed by atoms with Crippen LogP contribution in [-0.2, 0) is 6.18 Å². The number of aliphatic hydroxyl groups excluding tert-OH is 1. The smallest absolute Gasteiger partial charge is 0.371 e. The summed E-state index contributed by atoms with van der Waals surface area (Å²) in [6.07, 6.45) is -2.95. The van der Waals surface area contributed by atoms with Crippen LogP contribution in [0.3, 0.4) is 0 Å². The molecule has 0 radical (unpaired) electrons. The van der Waals surface area contributed by atoms with Crippen LogP contribution in [-0.4, -0.2) is 50.8 Å². The second-order valence-corrected chi connectivity index (χ2v) is 5.51. The Morgan fingerprint density at radius 2 is 1.92 bits per heavy atom. The van der Waals surface area contributed by atoms with E-state index >= 15 is 0 Å². The highest BCUT2D eigenvalue weighted by Gasteiger charge is 2.39. The summed E-state index contributed by atoms with van der Waals surface area (Å²) in [5, 5.41) is 18.6. The lowest BCUT2D eigenvalue weighted by Crippen LogP contribution is -2.35. The molecule has 0 spiro atoms. The Balaban J connectivity index is 2.10. The number of carbonyl (C=O) groups is 1. The Labute approximate surface area is 145 Å². The standard InChI is InChI=1S/C15H11F3N6O2/c1-23-7-13(25)24(14(23)26)12-2-10(15(16,17)18)9(6-22-12)8-4-20-11(3-19)21-5-8/h2,4-6,13,25H,7H2,1H3. The fourth-order valence-electron chi connectivity index (χ4n) is 2.53. The summed E-state index contributed by atoms with van der Waals surface area (Å²) < 4.78 is 40.6. The van der Waals surface area contributed by atoms with E-state index in [1.54, 1.807) is 6.07 Å². The zero-order valence-corrected chi connectivity index (χ0v) is 13.3. The van der Waals surface area contributed by atoms with Crippen LogP contribution in [0, 0.1) is 11.3 Å². The van der Waals surface area contributed by atoms with Gasteiger partial charge in [0.05, 0.1) is 12.1 Å². The van der Waals surface area contributed by atoms with E-state index in [0.717, 1.165) is 23.5 Å². The molecule has 3 rings (SSSR count). The molecule has 1 unspecified atom stereocenters. The molecule has 1 atom stereocenters. The lowest BCUT2D eigenvalue weighted by atomic mass is 10.0. The second kappa shape index (κ2) is 6.23. The first kappa shape index (κ1) is 17.6. The van der Waals surface area contributed by atoms with E-state index in [4.69, 9.17) is 5.26 Å². The summed E-state index contributed by atoms with van der Waals surface area (Å²) in [6.45, 7) is -0.0485. The largest absolute Gasteiger partial charge is 0.417 e. The fourth-order valence-corrected chi connectivity index (χ4v) is 2.53. The zero-order valence-electron chi connectivity index (χ0n) is 13.3. The number of amides is 2. The van der Waals surface area contributed by atoms with E-state index in [1.165, 1.54) is 11.9 Å². The molecular weight excluding hydrogens is 353 g/mol. The van der Waals surface area contributed by atoms with Gasteiger partial charge in [-0.05, 0) is 6.07 Å². The van der Waals surface area contributed by atoms with Crippen LogP contribution in [0.15, 0.2) is 24.7 Å². The number of likely N-dealkylation sites (N-methyl/N-ethyl adjacent to an activating group) is 1. The Hall–Kier alpha value is -3.26. The molecule has 26 heavy (non-hydrogen) atoms. The predicted molar refractivity (Wildman–Crippen MR) is 81.5 cm³/mol. The molecule has 1 N–H and O–H groups in total. The predicted octanol–water partition coefficient (Wildman–Crippen LogP) is 1.62. The number of hydrogen-bond donors (Lipinski definition) is 1. The van der Waals surface area contributed by atoms with Crippen LogP contribution in [0.4, 0.5) is 23.8 Å². The van der Waals surface area contributed by atoms with Gasteiger partial charge in [0.2, 0.25) is 5.82 Å². The Morgan fingerprint density at radius 1 is 1.27 bits per heavy atom. The maximum absolute atomic E-state index is 13.5. The summed E-state index contributed by atoms with van der Waals surface area (Å²) in [5.74, 6) is -0.502. The van der Waals surface area contributed by atoms with Gasteiger partial charge in [0.25, 0.3) is 0 Å². The van der Waals surface area contributed by atoms with Gasteiger partial charge >= 0.3 is 12.2 Å². The molecule has 8 nitrogen and oxygen atoms in total. The minimum Gasteiger partial charge on any atom is -0.371 e. The van der Waals surface area contributed by atoms with Crippen molar-refractivity contribution in [2.75, 3.05) is 18.5 Å². The summed E-state index contributed by atoms with van der Waals surface area (Å²) in [7, 11) is 1.42. The van der Waals surface area contributed by atoms with Crippen LogP contribution in [0.2, 0.25) is 0 Å². The number of aromatic nitrogens is 3. The summed E-state index contributed by atoms with van der Waals surface area (Å²) >= 11 is 0. The third-order valence-electron chi connectivity index (χ3n) is 3.77. The van der Waals surface area contributed by atoms with Gasteiger partial charge in [-0.2, -0.15) is 18.4 Å². The highest BCUT2D eigenvalue weighted by Crippen LogP contribution is 2.38. The molecule has 0 aromatic carbocycles. The maximum Gasteiger partial charge on any atom is 0.417 e. The first-order valence-electron chi connectivity index (χ1n) is 7.24. The molecular formula is C15H11F3N6O2. The second-order valence-electron chi connectivity index (χ2n) is 5.51. The Morgan fingerprint density at radius 3 is 2.42 bits per heavy atom. The van der Waals surface area contributed by atoms with Crippen LogP contribution >= 0.6 is 0 Å². The number of halogens is 3. The third-order valence-corrected chi connectivity index (χ3v) is 3.77. The average molecular weight is 364 g/mol. The highest BCUT2D eigenvalue weighted by atomic mass is 19.4. The Kier molecular flexibility index (Phi) is 4.21. The van der Waals surface area contributed by atoms with Gasteiger partial charge in [-0.25, -0.2) is 24.6 Å². The fraction of sp³-hybridized carbons (Fsp3) is 0.267. The van der Waals surface area contributed by atoms with Crippen LogP contribution < -0.4 is 4.90 Å². The maximum atomic E-state index is 13.5. The number of nitrogens with zero attached hydrogens (tertiary/aromatic N) is 6. The van der Waals surface area contributed by atoms with Crippen LogP contribution in [0.1, 0.15) is 11.4 Å². The van der Waals surface area contributed by atoms with Crippen molar-refractivity contribution in [2.24, 2.45) is 0 Å².